The van der Waals surface area contributed by atoms with E-state index in [2.05, 4.69) is 0 Å². The maximum Gasteiger partial charge on any atom is 0.265 e. The van der Waals surface area contributed by atoms with Gasteiger partial charge >= 0.3 is 0 Å². The molecule has 1 aromatic heterocycles. The lowest BCUT2D eigenvalue weighted by atomic mass is 10.4. The number of aliphatic hydroxyl groups excluding tert-OH is 1. The van der Waals surface area contributed by atoms with Crippen LogP contribution in [0.4, 0.5) is 0 Å². The molecule has 0 radical (unpaired) electrons. The molecule has 3 N–H and O–H groups in total. The zero-order chi connectivity index (χ0) is 14.1. The highest BCUT2D eigenvalue weighted by atomic mass is 32.2. The zero-order valence-electron chi connectivity index (χ0n) is 10.5. The highest BCUT2D eigenvalue weighted by Gasteiger charge is 2.27. The predicted molar refractivity (Wildman–Crippen MR) is 65.4 cm³/mol. The van der Waals surface area contributed by atoms with Crippen molar-refractivity contribution in [3.8, 4) is 0 Å². The number of aliphatic hydroxyl groups is 1. The summed E-state index contributed by atoms with van der Waals surface area (Å²) in [4.78, 5) is 11.0. The third-order valence-corrected chi connectivity index (χ3v) is 4.73. The molecule has 0 bridgehead atoms. The summed E-state index contributed by atoms with van der Waals surface area (Å²) in [5, 5.41) is 8.98. The van der Waals surface area contributed by atoms with E-state index >= 15 is 0 Å². The first-order chi connectivity index (χ1) is 8.21. The second-order valence-electron chi connectivity index (χ2n) is 4.09. The number of carbonyl (C=O) groups is 1. The van der Waals surface area contributed by atoms with E-state index in [1.54, 1.807) is 6.92 Å². The Balaban J connectivity index is 3.21. The fourth-order valence-electron chi connectivity index (χ4n) is 1.44. The van der Waals surface area contributed by atoms with Crippen molar-refractivity contribution in [1.29, 1.82) is 0 Å². The molecule has 8 heteroatoms. The van der Waals surface area contributed by atoms with E-state index in [1.807, 2.05) is 0 Å². The van der Waals surface area contributed by atoms with Gasteiger partial charge in [0, 0.05) is 26.3 Å². The highest BCUT2D eigenvalue weighted by molar-refractivity contribution is 7.89. The lowest BCUT2D eigenvalue weighted by Crippen LogP contribution is -2.37. The summed E-state index contributed by atoms with van der Waals surface area (Å²) in [5.41, 5.74) is 5.23. The Morgan fingerprint density at radius 3 is 2.56 bits per heavy atom. The smallest absolute Gasteiger partial charge is 0.265 e. The first-order valence-corrected chi connectivity index (χ1v) is 6.71. The average molecular weight is 275 g/mol. The van der Waals surface area contributed by atoms with Gasteiger partial charge in [-0.2, -0.15) is 4.31 Å². The van der Waals surface area contributed by atoms with Crippen LogP contribution in [0.15, 0.2) is 17.2 Å². The molecule has 1 rings (SSSR count). The summed E-state index contributed by atoms with van der Waals surface area (Å²) >= 11 is 0. The van der Waals surface area contributed by atoms with Gasteiger partial charge in [-0.3, -0.25) is 4.79 Å². The monoisotopic (exact) mass is 275 g/mol. The maximum atomic E-state index is 12.2. The Morgan fingerprint density at radius 2 is 2.17 bits per heavy atom. The minimum absolute atomic E-state index is 0.0263. The number of amides is 1. The van der Waals surface area contributed by atoms with E-state index in [1.165, 1.54) is 30.9 Å². The van der Waals surface area contributed by atoms with Crippen LogP contribution in [0.3, 0.4) is 0 Å². The predicted octanol–water partition coefficient (Wildman–Crippen LogP) is -0.875. The first-order valence-electron chi connectivity index (χ1n) is 5.27. The number of aryl methyl sites for hydroxylation is 1. The fraction of sp³-hybridized carbons (Fsp3) is 0.500. The average Bonchev–Trinajstić information content (AvgIpc) is 2.70. The highest BCUT2D eigenvalue weighted by Crippen LogP contribution is 2.18. The summed E-state index contributed by atoms with van der Waals surface area (Å²) < 4.78 is 26.7. The number of aromatic nitrogens is 1. The summed E-state index contributed by atoms with van der Waals surface area (Å²) in [7, 11) is -0.836. The van der Waals surface area contributed by atoms with Crippen LogP contribution in [0.25, 0.3) is 0 Å². The molecule has 0 saturated heterocycles. The third kappa shape index (κ3) is 2.55. The van der Waals surface area contributed by atoms with Gasteiger partial charge < -0.3 is 15.4 Å². The van der Waals surface area contributed by atoms with E-state index < -0.39 is 22.0 Å². The topological polar surface area (TPSA) is 106 Å². The van der Waals surface area contributed by atoms with E-state index in [-0.39, 0.29) is 17.2 Å². The van der Waals surface area contributed by atoms with Crippen LogP contribution in [-0.2, 0) is 17.1 Å². The summed E-state index contributed by atoms with van der Waals surface area (Å²) in [6.45, 7) is 1.29. The second kappa shape index (κ2) is 5.09. The number of likely N-dealkylation sites (N-methyl/N-ethyl adjacent to an activating group) is 1. The second-order valence-corrected chi connectivity index (χ2v) is 6.09. The number of nitrogens with zero attached hydrogens (tertiary/aromatic N) is 2. The Hall–Kier alpha value is -1.38. The number of hydrogen-bond donors (Lipinski definition) is 2. The van der Waals surface area contributed by atoms with Crippen molar-refractivity contribution in [2.75, 3.05) is 13.7 Å². The van der Waals surface area contributed by atoms with Crippen LogP contribution in [0, 0.1) is 0 Å². The van der Waals surface area contributed by atoms with Crippen molar-refractivity contribution in [2.24, 2.45) is 12.8 Å². The molecule has 0 aromatic carbocycles. The molecule has 0 spiro atoms. The minimum Gasteiger partial charge on any atom is -0.395 e. The molecule has 1 atom stereocenters. The minimum atomic E-state index is -3.74. The molecule has 0 aliphatic heterocycles. The Kier molecular flexibility index (Phi) is 4.15. The molecule has 0 fully saturated rings. The number of carbonyl (C=O) groups excluding carboxylic acids is 1. The molecule has 1 aromatic rings. The van der Waals surface area contributed by atoms with Crippen LogP contribution in [0.1, 0.15) is 17.4 Å². The summed E-state index contributed by atoms with van der Waals surface area (Å²) in [5.74, 6) is -0.697. The first kappa shape index (κ1) is 14.7. The maximum absolute atomic E-state index is 12.2. The largest absolute Gasteiger partial charge is 0.395 e. The van der Waals surface area contributed by atoms with E-state index in [0.717, 1.165) is 4.31 Å². The molecule has 102 valence electrons. The van der Waals surface area contributed by atoms with Crippen LogP contribution >= 0.6 is 0 Å². The number of nitrogens with two attached hydrogens (primary N) is 1. The standard InChI is InChI=1S/C10H17N3O4S/c1-7(6-14)13(3)18(16,17)8-4-9(10(11)15)12(2)5-8/h4-5,7,14H,6H2,1-3H3,(H2,11,15). The van der Waals surface area contributed by atoms with Crippen LogP contribution < -0.4 is 5.73 Å². The van der Waals surface area contributed by atoms with Gasteiger partial charge in [0.2, 0.25) is 10.0 Å². The number of sulfonamides is 1. The molecule has 7 nitrogen and oxygen atoms in total. The molecule has 18 heavy (non-hydrogen) atoms. The molecule has 0 aliphatic rings. The Morgan fingerprint density at radius 1 is 1.61 bits per heavy atom. The van der Waals surface area contributed by atoms with Gasteiger partial charge in [0.25, 0.3) is 5.91 Å². The fourth-order valence-corrected chi connectivity index (χ4v) is 2.86. The summed E-state index contributed by atoms with van der Waals surface area (Å²) in [6, 6.07) is 0.672. The molecule has 1 unspecified atom stereocenters. The van der Waals surface area contributed by atoms with Crippen molar-refractivity contribution in [3.63, 3.8) is 0 Å². The van der Waals surface area contributed by atoms with E-state index in [9.17, 15) is 13.2 Å². The molecular weight excluding hydrogens is 258 g/mol. The van der Waals surface area contributed by atoms with Crippen molar-refractivity contribution >= 4 is 15.9 Å². The van der Waals surface area contributed by atoms with E-state index in [4.69, 9.17) is 10.8 Å². The van der Waals surface area contributed by atoms with E-state index in [0.29, 0.717) is 0 Å². The third-order valence-electron chi connectivity index (χ3n) is 2.79. The Labute approximate surface area is 106 Å². The van der Waals surface area contributed by atoms with Crippen molar-refractivity contribution in [3.05, 3.63) is 18.0 Å². The summed E-state index contributed by atoms with van der Waals surface area (Å²) in [6.07, 6.45) is 1.32. The number of primary amides is 1. The van der Waals surface area contributed by atoms with Crippen LogP contribution in [-0.4, -0.2) is 48.0 Å². The van der Waals surface area contributed by atoms with Gasteiger partial charge in [0.1, 0.15) is 10.6 Å². The number of rotatable bonds is 5. The van der Waals surface area contributed by atoms with Gasteiger partial charge in [0.05, 0.1) is 6.61 Å². The van der Waals surface area contributed by atoms with Gasteiger partial charge in [-0.1, -0.05) is 0 Å². The normalized spacial score (nSPS) is 13.8. The molecule has 0 aliphatic carbocycles. The van der Waals surface area contributed by atoms with Gasteiger partial charge in [-0.25, -0.2) is 8.42 Å². The SMILES string of the molecule is CC(CO)N(C)S(=O)(=O)c1cc(C(N)=O)n(C)c1. The van der Waals surface area contributed by atoms with Crippen molar-refractivity contribution in [1.82, 2.24) is 8.87 Å². The lowest BCUT2D eigenvalue weighted by molar-refractivity contribution is 0.0992. The molecule has 0 saturated carbocycles. The molecular formula is C10H17N3O4S. The lowest BCUT2D eigenvalue weighted by Gasteiger charge is -2.21. The van der Waals surface area contributed by atoms with Crippen molar-refractivity contribution in [2.45, 2.75) is 17.9 Å². The Bertz CT molecular complexity index is 549. The van der Waals surface area contributed by atoms with Crippen molar-refractivity contribution < 1.29 is 18.3 Å². The van der Waals surface area contributed by atoms with Crippen LogP contribution in [0.5, 0.6) is 0 Å². The van der Waals surface area contributed by atoms with Gasteiger partial charge in [-0.05, 0) is 13.0 Å². The van der Waals surface area contributed by atoms with Gasteiger partial charge in [0.15, 0.2) is 0 Å². The quantitative estimate of drug-likeness (QED) is 0.728. The number of hydrogen-bond acceptors (Lipinski definition) is 4. The zero-order valence-corrected chi connectivity index (χ0v) is 11.3. The molecule has 1 heterocycles. The molecule has 1 amide bonds. The van der Waals surface area contributed by atoms with Gasteiger partial charge in [-0.15, -0.1) is 0 Å². The van der Waals surface area contributed by atoms with Crippen LogP contribution in [0.2, 0.25) is 0 Å².